The number of hydrogen-bond acceptors (Lipinski definition) is 7. The fourth-order valence-electron chi connectivity index (χ4n) is 2.55. The van der Waals surface area contributed by atoms with E-state index in [0.29, 0.717) is 31.1 Å². The summed E-state index contributed by atoms with van der Waals surface area (Å²) in [5.41, 5.74) is -1.07. The molecule has 3 heterocycles. The first-order valence-electron chi connectivity index (χ1n) is 8.73. The third kappa shape index (κ3) is 5.13. The maximum atomic E-state index is 12.1. The van der Waals surface area contributed by atoms with Crippen molar-refractivity contribution in [2.24, 2.45) is 0 Å². The number of nitrogens with one attached hydrogen (secondary N) is 1. The van der Waals surface area contributed by atoms with Gasteiger partial charge in [-0.15, -0.1) is 0 Å². The fraction of sp³-hybridized carbons (Fsp3) is 0.444. The Morgan fingerprint density at radius 2 is 2.11 bits per heavy atom. The van der Waals surface area contributed by atoms with Crippen molar-refractivity contribution in [3.05, 3.63) is 39.9 Å². The predicted molar refractivity (Wildman–Crippen MR) is 101 cm³/mol. The lowest BCUT2D eigenvalue weighted by atomic mass is 10.2. The Balaban J connectivity index is 1.56. The highest BCUT2D eigenvalue weighted by Crippen LogP contribution is 2.26. The summed E-state index contributed by atoms with van der Waals surface area (Å²) >= 11 is 5.87. The molecule has 0 radical (unpaired) electrons. The van der Waals surface area contributed by atoms with E-state index in [9.17, 15) is 9.59 Å². The number of halogens is 1. The van der Waals surface area contributed by atoms with E-state index in [-0.39, 0.29) is 23.0 Å². The molecule has 10 heteroatoms. The van der Waals surface area contributed by atoms with Gasteiger partial charge in [0.15, 0.2) is 10.8 Å². The number of rotatable bonds is 4. The first-order chi connectivity index (χ1) is 13.2. The molecule has 150 valence electrons. The van der Waals surface area contributed by atoms with Gasteiger partial charge in [0.05, 0.1) is 18.9 Å². The van der Waals surface area contributed by atoms with Gasteiger partial charge in [0.1, 0.15) is 17.5 Å². The van der Waals surface area contributed by atoms with Crippen LogP contribution in [0, 0.1) is 0 Å². The van der Waals surface area contributed by atoms with E-state index >= 15 is 0 Å². The zero-order valence-corrected chi connectivity index (χ0v) is 16.5. The lowest BCUT2D eigenvalue weighted by Gasteiger charge is -2.24. The molecule has 2 aromatic heterocycles. The maximum Gasteiger partial charge on any atom is 0.410 e. The first kappa shape index (κ1) is 19.9. The summed E-state index contributed by atoms with van der Waals surface area (Å²) in [4.78, 5) is 29.3. The minimum atomic E-state index is -0.539. The molecule has 0 saturated carbocycles. The monoisotopic (exact) mass is 408 g/mol. The summed E-state index contributed by atoms with van der Waals surface area (Å²) in [6.07, 6.45) is 2.93. The lowest BCUT2D eigenvalue weighted by Crippen LogP contribution is -2.36. The first-order valence-corrected chi connectivity index (χ1v) is 9.11. The summed E-state index contributed by atoms with van der Waals surface area (Å²) in [6, 6.07) is 3.28. The highest BCUT2D eigenvalue weighted by atomic mass is 35.5. The normalized spacial score (nSPS) is 16.7. The molecular weight excluding hydrogens is 388 g/mol. The number of aromatic amines is 1. The molecule has 0 bridgehead atoms. The molecule has 0 aromatic carbocycles. The van der Waals surface area contributed by atoms with Crippen LogP contribution in [0.25, 0.3) is 0 Å². The van der Waals surface area contributed by atoms with Gasteiger partial charge in [0.2, 0.25) is 5.88 Å². The minimum Gasteiger partial charge on any atom is -0.472 e. The number of likely N-dealkylation sites (tertiary alicyclic amines) is 1. The summed E-state index contributed by atoms with van der Waals surface area (Å²) < 4.78 is 16.7. The van der Waals surface area contributed by atoms with E-state index in [1.807, 2.05) is 20.8 Å². The number of carbonyl (C=O) groups excluding carboxylic acids is 1. The van der Waals surface area contributed by atoms with Crippen LogP contribution < -0.4 is 15.0 Å². The molecule has 9 nitrogen and oxygen atoms in total. The van der Waals surface area contributed by atoms with Crippen molar-refractivity contribution in [2.45, 2.75) is 38.9 Å². The van der Waals surface area contributed by atoms with Crippen LogP contribution in [-0.2, 0) is 4.74 Å². The molecule has 2 aromatic rings. The zero-order chi connectivity index (χ0) is 20.3. The quantitative estimate of drug-likeness (QED) is 0.828. The van der Waals surface area contributed by atoms with Crippen LogP contribution in [0.2, 0.25) is 5.02 Å². The molecule has 0 spiro atoms. The zero-order valence-electron chi connectivity index (χ0n) is 15.8. The Morgan fingerprint density at radius 3 is 2.79 bits per heavy atom. The van der Waals surface area contributed by atoms with E-state index in [1.54, 1.807) is 17.0 Å². The standard InChI is InChI=1S/C18H21ClN4O5/c1-18(2,3)28-17(25)23-7-6-12(10-23)27-14-5-4-11(8-20-14)26-13-9-21-22-16(24)15(13)19/h4-5,8-9,12H,6-7,10H2,1-3H3,(H,22,24)/t12-/m0/s1. The van der Waals surface area contributed by atoms with E-state index in [1.165, 1.54) is 12.4 Å². The Kier molecular flexibility index (Phi) is 5.73. The number of amides is 1. The van der Waals surface area contributed by atoms with Crippen LogP contribution in [0.3, 0.4) is 0 Å². The Bertz CT molecular complexity index is 894. The fourth-order valence-corrected chi connectivity index (χ4v) is 2.68. The number of nitrogens with zero attached hydrogens (tertiary/aromatic N) is 3. The van der Waals surface area contributed by atoms with Crippen LogP contribution in [0.4, 0.5) is 4.79 Å². The molecule has 28 heavy (non-hydrogen) atoms. The second-order valence-electron chi connectivity index (χ2n) is 7.27. The predicted octanol–water partition coefficient (Wildman–Crippen LogP) is 3.00. The van der Waals surface area contributed by atoms with Crippen LogP contribution in [0.1, 0.15) is 27.2 Å². The Labute approximate surface area is 166 Å². The van der Waals surface area contributed by atoms with E-state index in [0.717, 1.165) is 0 Å². The Hall–Kier alpha value is -2.81. The Morgan fingerprint density at radius 1 is 1.32 bits per heavy atom. The molecule has 3 rings (SSSR count). The SMILES string of the molecule is CC(C)(C)OC(=O)N1CC[C@H](Oc2ccc(Oc3cn[nH]c(=O)c3Cl)cn2)C1. The van der Waals surface area contributed by atoms with Gasteiger partial charge in [-0.05, 0) is 26.8 Å². The molecule has 0 unspecified atom stereocenters. The largest absolute Gasteiger partial charge is 0.472 e. The molecular formula is C18H21ClN4O5. The molecule has 1 amide bonds. The van der Waals surface area contributed by atoms with Gasteiger partial charge in [0.25, 0.3) is 5.56 Å². The number of carbonyl (C=O) groups is 1. The number of H-pyrrole nitrogens is 1. The second kappa shape index (κ2) is 8.05. The van der Waals surface area contributed by atoms with E-state index in [2.05, 4.69) is 15.2 Å². The van der Waals surface area contributed by atoms with Gasteiger partial charge in [-0.25, -0.2) is 14.9 Å². The number of aromatic nitrogens is 3. The van der Waals surface area contributed by atoms with Crippen molar-refractivity contribution in [1.82, 2.24) is 20.1 Å². The molecule has 1 aliphatic rings. The van der Waals surface area contributed by atoms with Gasteiger partial charge in [-0.1, -0.05) is 11.6 Å². The minimum absolute atomic E-state index is 0.0940. The molecule has 1 aliphatic heterocycles. The average molecular weight is 409 g/mol. The molecule has 1 N–H and O–H groups in total. The summed E-state index contributed by atoms with van der Waals surface area (Å²) in [7, 11) is 0. The van der Waals surface area contributed by atoms with Crippen LogP contribution in [0.5, 0.6) is 17.4 Å². The summed E-state index contributed by atoms with van der Waals surface area (Å²) in [5, 5.41) is 5.75. The van der Waals surface area contributed by atoms with Crippen molar-refractivity contribution in [3.63, 3.8) is 0 Å². The number of pyridine rings is 1. The topological polar surface area (TPSA) is 107 Å². The highest BCUT2D eigenvalue weighted by molar-refractivity contribution is 6.31. The van der Waals surface area contributed by atoms with Crippen molar-refractivity contribution in [2.75, 3.05) is 13.1 Å². The van der Waals surface area contributed by atoms with Gasteiger partial charge >= 0.3 is 6.09 Å². The average Bonchev–Trinajstić information content (AvgIpc) is 3.08. The maximum absolute atomic E-state index is 12.1. The van der Waals surface area contributed by atoms with Gasteiger partial charge in [-0.3, -0.25) is 4.79 Å². The van der Waals surface area contributed by atoms with E-state index < -0.39 is 11.2 Å². The molecule has 1 atom stereocenters. The van der Waals surface area contributed by atoms with Gasteiger partial charge in [0, 0.05) is 19.0 Å². The van der Waals surface area contributed by atoms with Crippen LogP contribution in [-0.4, -0.2) is 51.0 Å². The highest BCUT2D eigenvalue weighted by Gasteiger charge is 2.31. The van der Waals surface area contributed by atoms with Crippen molar-refractivity contribution in [1.29, 1.82) is 0 Å². The third-order valence-corrected chi connectivity index (χ3v) is 4.14. The summed E-state index contributed by atoms with van der Waals surface area (Å²) in [5.74, 6) is 0.909. The lowest BCUT2D eigenvalue weighted by molar-refractivity contribution is 0.0275. The number of ether oxygens (including phenoxy) is 3. The van der Waals surface area contributed by atoms with Crippen molar-refractivity contribution >= 4 is 17.7 Å². The summed E-state index contributed by atoms with van der Waals surface area (Å²) in [6.45, 7) is 6.49. The van der Waals surface area contributed by atoms with Gasteiger partial charge in [-0.2, -0.15) is 5.10 Å². The number of hydrogen-bond donors (Lipinski definition) is 1. The van der Waals surface area contributed by atoms with Crippen LogP contribution in [0.15, 0.2) is 29.3 Å². The molecule has 1 fully saturated rings. The smallest absolute Gasteiger partial charge is 0.410 e. The third-order valence-electron chi connectivity index (χ3n) is 3.78. The molecule has 0 aliphatic carbocycles. The second-order valence-corrected chi connectivity index (χ2v) is 7.64. The van der Waals surface area contributed by atoms with Crippen molar-refractivity contribution < 1.29 is 19.0 Å². The van der Waals surface area contributed by atoms with Gasteiger partial charge < -0.3 is 19.1 Å². The van der Waals surface area contributed by atoms with E-state index in [4.69, 9.17) is 25.8 Å². The van der Waals surface area contributed by atoms with Crippen molar-refractivity contribution in [3.8, 4) is 17.4 Å². The molecule has 1 saturated heterocycles. The van der Waals surface area contributed by atoms with Crippen LogP contribution >= 0.6 is 11.6 Å².